The molecular formula is C27H29FN6. The Labute approximate surface area is 199 Å². The maximum Gasteiger partial charge on any atom is 0.123 e. The van der Waals surface area contributed by atoms with Crippen LogP contribution in [0.1, 0.15) is 30.9 Å². The third-order valence-electron chi connectivity index (χ3n) is 5.93. The van der Waals surface area contributed by atoms with Gasteiger partial charge in [0.05, 0.1) is 24.1 Å². The number of rotatable bonds is 10. The summed E-state index contributed by atoms with van der Waals surface area (Å²) in [6, 6.07) is 23.4. The maximum absolute atomic E-state index is 13.4. The number of hydrazone groups is 1. The quantitative estimate of drug-likeness (QED) is 0.151. The van der Waals surface area contributed by atoms with Gasteiger partial charge in [-0.2, -0.15) is 10.2 Å². The Bertz CT molecular complexity index is 1260. The van der Waals surface area contributed by atoms with Crippen molar-refractivity contribution in [1.29, 1.82) is 0 Å². The lowest BCUT2D eigenvalue weighted by atomic mass is 9.71. The zero-order chi connectivity index (χ0) is 24.0. The number of halogens is 1. The van der Waals surface area contributed by atoms with Crippen molar-refractivity contribution in [3.63, 3.8) is 0 Å². The van der Waals surface area contributed by atoms with E-state index in [4.69, 9.17) is 0 Å². The van der Waals surface area contributed by atoms with E-state index in [2.05, 4.69) is 89.0 Å². The molecule has 2 N–H and O–H groups in total. The highest BCUT2D eigenvalue weighted by Crippen LogP contribution is 2.41. The number of nitrogens with zero attached hydrogens (tertiary/aromatic N) is 4. The fourth-order valence-electron chi connectivity index (χ4n) is 4.43. The first-order chi connectivity index (χ1) is 16.5. The van der Waals surface area contributed by atoms with Crippen molar-refractivity contribution in [2.45, 2.75) is 19.8 Å². The van der Waals surface area contributed by atoms with E-state index in [0.29, 0.717) is 6.67 Å². The van der Waals surface area contributed by atoms with E-state index < -0.39 is 0 Å². The van der Waals surface area contributed by atoms with Gasteiger partial charge in [0.1, 0.15) is 12.2 Å². The molecule has 0 amide bonds. The minimum Gasteiger partial charge on any atom is -0.298 e. The van der Waals surface area contributed by atoms with Crippen LogP contribution in [0.3, 0.4) is 0 Å². The number of fused-ring (bicyclic) bond motifs is 1. The standard InChI is InChI=1S/C27H29FN6/c1-27(2,17-30-18-31-19-32-29-3)26(20-7-5-4-6-8-20)21-9-14-25-22(15-21)16-33-34(25)24-12-10-23(28)11-13-24/h4-16,19,26,30H,3,17-18H2,1-2H3,(H,31,32). The number of benzene rings is 3. The second kappa shape index (κ2) is 10.4. The van der Waals surface area contributed by atoms with Gasteiger partial charge < -0.3 is 0 Å². The monoisotopic (exact) mass is 456 g/mol. The highest BCUT2D eigenvalue weighted by molar-refractivity contribution is 5.81. The van der Waals surface area contributed by atoms with Gasteiger partial charge in [0, 0.05) is 24.6 Å². The van der Waals surface area contributed by atoms with E-state index in [1.54, 1.807) is 12.1 Å². The number of hydrogen-bond acceptors (Lipinski definition) is 4. The zero-order valence-corrected chi connectivity index (χ0v) is 19.4. The van der Waals surface area contributed by atoms with Gasteiger partial charge in [0.2, 0.25) is 0 Å². The third-order valence-corrected chi connectivity index (χ3v) is 5.93. The molecule has 7 heteroatoms. The van der Waals surface area contributed by atoms with E-state index in [1.165, 1.54) is 29.6 Å². The lowest BCUT2D eigenvalue weighted by Crippen LogP contribution is -2.35. The molecule has 174 valence electrons. The normalized spacial score (nSPS) is 12.8. The summed E-state index contributed by atoms with van der Waals surface area (Å²) in [6.07, 6.45) is 3.39. The van der Waals surface area contributed by atoms with E-state index in [1.807, 2.05) is 16.9 Å². The first-order valence-electron chi connectivity index (χ1n) is 11.2. The first-order valence-corrected chi connectivity index (χ1v) is 11.2. The third kappa shape index (κ3) is 5.21. The largest absolute Gasteiger partial charge is 0.298 e. The van der Waals surface area contributed by atoms with Crippen molar-refractivity contribution in [2.75, 3.05) is 13.2 Å². The van der Waals surface area contributed by atoms with Gasteiger partial charge in [-0.25, -0.2) is 9.07 Å². The molecule has 0 spiro atoms. The van der Waals surface area contributed by atoms with Crippen molar-refractivity contribution in [3.8, 4) is 5.69 Å². The number of aliphatic imine (C=N–C) groups is 1. The average Bonchev–Trinajstić information content (AvgIpc) is 3.26. The van der Waals surface area contributed by atoms with Crippen LogP contribution in [0, 0.1) is 11.2 Å². The molecule has 0 radical (unpaired) electrons. The topological polar surface area (TPSA) is 66.6 Å². The zero-order valence-electron chi connectivity index (χ0n) is 19.4. The smallest absolute Gasteiger partial charge is 0.123 e. The summed E-state index contributed by atoms with van der Waals surface area (Å²) >= 11 is 0. The summed E-state index contributed by atoms with van der Waals surface area (Å²) < 4.78 is 15.2. The van der Waals surface area contributed by atoms with Gasteiger partial charge in [-0.05, 0) is 52.9 Å². The molecule has 0 aliphatic rings. The minimum absolute atomic E-state index is 0.110. The van der Waals surface area contributed by atoms with Crippen molar-refractivity contribution in [2.24, 2.45) is 15.5 Å². The predicted octanol–water partition coefficient (Wildman–Crippen LogP) is 5.10. The first kappa shape index (κ1) is 23.3. The van der Waals surface area contributed by atoms with E-state index in [9.17, 15) is 4.39 Å². The van der Waals surface area contributed by atoms with Crippen LogP contribution in [0.4, 0.5) is 4.39 Å². The fourth-order valence-corrected chi connectivity index (χ4v) is 4.43. The van der Waals surface area contributed by atoms with Crippen LogP contribution in [0.25, 0.3) is 16.6 Å². The Balaban J connectivity index is 1.65. The highest BCUT2D eigenvalue weighted by Gasteiger charge is 2.32. The second-order valence-corrected chi connectivity index (χ2v) is 8.87. The Hall–Kier alpha value is -3.84. The van der Waals surface area contributed by atoms with Gasteiger partial charge in [-0.1, -0.05) is 50.2 Å². The summed E-state index contributed by atoms with van der Waals surface area (Å²) in [5.41, 5.74) is 6.77. The summed E-state index contributed by atoms with van der Waals surface area (Å²) in [6.45, 7) is 9.13. The molecule has 0 fully saturated rings. The van der Waals surface area contributed by atoms with Crippen LogP contribution in [0.2, 0.25) is 0 Å². The number of hydrogen-bond donors (Lipinski definition) is 2. The van der Waals surface area contributed by atoms with Gasteiger partial charge in [0.15, 0.2) is 0 Å². The molecule has 3 aromatic carbocycles. The average molecular weight is 457 g/mol. The lowest BCUT2D eigenvalue weighted by Gasteiger charge is -2.35. The van der Waals surface area contributed by atoms with Crippen LogP contribution in [-0.4, -0.2) is 36.0 Å². The molecule has 0 bridgehead atoms. The lowest BCUT2D eigenvalue weighted by molar-refractivity contribution is 0.301. The van der Waals surface area contributed by atoms with Crippen molar-refractivity contribution < 1.29 is 4.39 Å². The van der Waals surface area contributed by atoms with E-state index >= 15 is 0 Å². The Morgan fingerprint density at radius 1 is 1.06 bits per heavy atom. The molecule has 1 unspecified atom stereocenters. The SMILES string of the molecule is C=NN/C=N\CNCC(C)(C)C(c1ccccc1)c1ccc2c(cnn2-c2ccc(F)cc2)c1. The van der Waals surface area contributed by atoms with Gasteiger partial charge in [-0.15, -0.1) is 0 Å². The molecule has 6 nitrogen and oxygen atoms in total. The molecule has 1 aromatic heterocycles. The molecule has 0 saturated heterocycles. The highest BCUT2D eigenvalue weighted by atomic mass is 19.1. The van der Waals surface area contributed by atoms with Gasteiger partial charge in [-0.3, -0.25) is 15.7 Å². The molecule has 0 aliphatic heterocycles. The summed E-state index contributed by atoms with van der Waals surface area (Å²) in [4.78, 5) is 4.23. The van der Waals surface area contributed by atoms with E-state index in [-0.39, 0.29) is 17.2 Å². The Morgan fingerprint density at radius 3 is 2.56 bits per heavy atom. The number of nitrogens with one attached hydrogen (secondary N) is 2. The molecule has 4 rings (SSSR count). The Morgan fingerprint density at radius 2 is 1.82 bits per heavy atom. The van der Waals surface area contributed by atoms with E-state index in [0.717, 1.165) is 23.1 Å². The molecule has 1 atom stereocenters. The summed E-state index contributed by atoms with van der Waals surface area (Å²) in [5.74, 6) is -0.111. The van der Waals surface area contributed by atoms with Crippen molar-refractivity contribution >= 4 is 24.0 Å². The van der Waals surface area contributed by atoms with Gasteiger partial charge in [0.25, 0.3) is 0 Å². The van der Waals surface area contributed by atoms with Crippen LogP contribution in [-0.2, 0) is 0 Å². The molecule has 0 aliphatic carbocycles. The van der Waals surface area contributed by atoms with Crippen LogP contribution >= 0.6 is 0 Å². The van der Waals surface area contributed by atoms with Crippen LogP contribution in [0.5, 0.6) is 0 Å². The predicted molar refractivity (Wildman–Crippen MR) is 137 cm³/mol. The second-order valence-electron chi connectivity index (χ2n) is 8.87. The summed E-state index contributed by atoms with van der Waals surface area (Å²) in [7, 11) is 0. The minimum atomic E-state index is -0.261. The summed E-state index contributed by atoms with van der Waals surface area (Å²) in [5, 5.41) is 12.6. The van der Waals surface area contributed by atoms with Crippen molar-refractivity contribution in [1.82, 2.24) is 20.5 Å². The maximum atomic E-state index is 13.4. The van der Waals surface area contributed by atoms with Gasteiger partial charge >= 0.3 is 0 Å². The van der Waals surface area contributed by atoms with Crippen LogP contribution < -0.4 is 10.7 Å². The molecule has 4 aromatic rings. The molecule has 0 saturated carbocycles. The fraction of sp³-hybridized carbons (Fsp3) is 0.222. The number of aromatic nitrogens is 2. The molecule has 1 heterocycles. The Kier molecular flexibility index (Phi) is 7.13. The molecule has 34 heavy (non-hydrogen) atoms. The van der Waals surface area contributed by atoms with Crippen molar-refractivity contribution in [3.05, 3.63) is 95.9 Å². The molecular weight excluding hydrogens is 427 g/mol. The van der Waals surface area contributed by atoms with Crippen LogP contribution in [0.15, 0.2) is 89.1 Å².